The van der Waals surface area contributed by atoms with Crippen LogP contribution >= 0.6 is 0 Å². The maximum absolute atomic E-state index is 14.4. The van der Waals surface area contributed by atoms with Gasteiger partial charge in [0.15, 0.2) is 0 Å². The minimum absolute atomic E-state index is 0.0805. The smallest absolute Gasteiger partial charge is 0.408 e. The van der Waals surface area contributed by atoms with Gasteiger partial charge in [0, 0.05) is 62.6 Å². The lowest BCUT2D eigenvalue weighted by atomic mass is 9.84. The van der Waals surface area contributed by atoms with Crippen molar-refractivity contribution >= 4 is 34.4 Å². The highest BCUT2D eigenvalue weighted by atomic mass is 19.4. The first kappa shape index (κ1) is 43.6. The van der Waals surface area contributed by atoms with Gasteiger partial charge < -0.3 is 29.6 Å². The van der Waals surface area contributed by atoms with Crippen molar-refractivity contribution < 1.29 is 47.2 Å². The van der Waals surface area contributed by atoms with Gasteiger partial charge in [-0.1, -0.05) is 26.0 Å². The monoisotopic (exact) mass is 800 g/mol. The summed E-state index contributed by atoms with van der Waals surface area (Å²) >= 11 is 0. The SMILES string of the molecule is CO[C@@H](C)c1ncccc1-c1c(CC(C)(C)CO)c2cc(C3=CCCN(C[C@H](NC(=O)OC(C)(C)C)C(=O)N4CCC[C@@H](C(=O)O)N4)C3)ccc2n1CC(F)(F)F. The Balaban J connectivity index is 1.54. The number of carboxylic acid groups (broad SMARTS) is 1. The second kappa shape index (κ2) is 17.5. The number of benzene rings is 1. The van der Waals surface area contributed by atoms with E-state index < -0.39 is 59.9 Å². The Morgan fingerprint density at radius 2 is 1.84 bits per heavy atom. The second-order valence-electron chi connectivity index (χ2n) is 16.7. The number of ether oxygens (including phenoxy) is 2. The Labute approximate surface area is 331 Å². The number of carboxylic acids is 1. The van der Waals surface area contributed by atoms with Gasteiger partial charge in [0.05, 0.1) is 17.5 Å². The average molecular weight is 801 g/mol. The number of alkyl carbamates (subject to hydrolysis) is 1. The number of halogens is 3. The minimum Gasteiger partial charge on any atom is -0.480 e. The summed E-state index contributed by atoms with van der Waals surface area (Å²) in [6.07, 6.45) is -0.557. The summed E-state index contributed by atoms with van der Waals surface area (Å²) in [5, 5.41) is 24.5. The van der Waals surface area contributed by atoms with Crippen LogP contribution in [0.15, 0.2) is 42.6 Å². The number of nitrogens with one attached hydrogen (secondary N) is 2. The van der Waals surface area contributed by atoms with Gasteiger partial charge in [-0.25, -0.2) is 10.2 Å². The molecule has 57 heavy (non-hydrogen) atoms. The summed E-state index contributed by atoms with van der Waals surface area (Å²) < 4.78 is 55.6. The third-order valence-electron chi connectivity index (χ3n) is 10.2. The van der Waals surface area contributed by atoms with Gasteiger partial charge >= 0.3 is 18.2 Å². The highest BCUT2D eigenvalue weighted by Gasteiger charge is 2.36. The van der Waals surface area contributed by atoms with Crippen molar-refractivity contribution in [1.82, 2.24) is 30.2 Å². The Morgan fingerprint density at radius 3 is 2.49 bits per heavy atom. The number of pyridine rings is 1. The fourth-order valence-corrected chi connectivity index (χ4v) is 7.42. The number of rotatable bonds is 13. The van der Waals surface area contributed by atoms with Crippen LogP contribution in [0, 0.1) is 5.41 Å². The molecule has 1 saturated heterocycles. The number of aliphatic hydroxyl groups excluding tert-OH is 1. The van der Waals surface area contributed by atoms with Crippen molar-refractivity contribution in [3.05, 3.63) is 59.4 Å². The highest BCUT2D eigenvalue weighted by Crippen LogP contribution is 2.42. The summed E-state index contributed by atoms with van der Waals surface area (Å²) in [5.74, 6) is -1.59. The van der Waals surface area contributed by atoms with Crippen LogP contribution in [0.25, 0.3) is 27.7 Å². The number of carbonyl (C=O) groups excluding carboxylic acids is 2. The van der Waals surface area contributed by atoms with Crippen molar-refractivity contribution in [2.24, 2.45) is 5.41 Å². The summed E-state index contributed by atoms with van der Waals surface area (Å²) in [4.78, 5) is 45.1. The largest absolute Gasteiger partial charge is 0.480 e. The molecule has 1 aromatic carbocycles. The number of methoxy groups -OCH3 is 1. The Kier molecular flexibility index (Phi) is 13.4. The van der Waals surface area contributed by atoms with Crippen LogP contribution in [0.4, 0.5) is 18.0 Å². The molecule has 16 heteroatoms. The van der Waals surface area contributed by atoms with Gasteiger partial charge in [0.25, 0.3) is 5.91 Å². The maximum atomic E-state index is 14.4. The van der Waals surface area contributed by atoms with Crippen LogP contribution < -0.4 is 10.7 Å². The molecule has 13 nitrogen and oxygen atoms in total. The zero-order valence-electron chi connectivity index (χ0n) is 33.7. The quantitative estimate of drug-likeness (QED) is 0.159. The predicted molar refractivity (Wildman–Crippen MR) is 209 cm³/mol. The van der Waals surface area contributed by atoms with E-state index in [0.717, 1.165) is 11.1 Å². The molecular weight excluding hydrogens is 745 g/mol. The third kappa shape index (κ3) is 10.9. The Hall–Kier alpha value is -4.51. The van der Waals surface area contributed by atoms with Crippen LogP contribution in [0.2, 0.25) is 0 Å². The first-order valence-corrected chi connectivity index (χ1v) is 19.2. The average Bonchev–Trinajstić information content (AvgIpc) is 3.42. The normalized spacial score (nSPS) is 18.3. The highest BCUT2D eigenvalue weighted by molar-refractivity contribution is 5.95. The molecule has 2 aliphatic heterocycles. The zero-order chi connectivity index (χ0) is 41.9. The summed E-state index contributed by atoms with van der Waals surface area (Å²) in [6.45, 7) is 10.4. The number of aromatic nitrogens is 2. The lowest BCUT2D eigenvalue weighted by Gasteiger charge is -2.36. The molecular formula is C41H55F3N6O7. The van der Waals surface area contributed by atoms with Gasteiger partial charge in [0.2, 0.25) is 0 Å². The fourth-order valence-electron chi connectivity index (χ4n) is 7.42. The second-order valence-corrected chi connectivity index (χ2v) is 16.7. The van der Waals surface area contributed by atoms with Crippen molar-refractivity contribution in [2.45, 2.75) is 104 Å². The molecule has 4 heterocycles. The van der Waals surface area contributed by atoms with Crippen LogP contribution in [0.1, 0.15) is 83.7 Å². The summed E-state index contributed by atoms with van der Waals surface area (Å²) in [7, 11) is 1.52. The van der Waals surface area contributed by atoms with Crippen LogP contribution in [-0.2, 0) is 32.0 Å². The van der Waals surface area contributed by atoms with Gasteiger partial charge in [-0.15, -0.1) is 0 Å². The molecule has 0 unspecified atom stereocenters. The molecule has 312 valence electrons. The first-order chi connectivity index (χ1) is 26.7. The van der Waals surface area contributed by atoms with Gasteiger partial charge in [-0.05, 0) is 99.8 Å². The molecule has 5 rings (SSSR count). The van der Waals surface area contributed by atoms with E-state index in [0.29, 0.717) is 65.8 Å². The zero-order valence-corrected chi connectivity index (χ0v) is 33.7. The number of fused-ring (bicyclic) bond motifs is 1. The molecule has 0 aliphatic carbocycles. The molecule has 0 saturated carbocycles. The van der Waals surface area contributed by atoms with Gasteiger partial charge in [-0.2, -0.15) is 13.2 Å². The van der Waals surface area contributed by atoms with Crippen molar-refractivity contribution in [3.8, 4) is 11.3 Å². The van der Waals surface area contributed by atoms with E-state index in [9.17, 15) is 37.8 Å². The molecule has 3 aromatic rings. The Morgan fingerprint density at radius 1 is 1.11 bits per heavy atom. The van der Waals surface area contributed by atoms with Gasteiger partial charge in [-0.3, -0.25) is 24.5 Å². The molecule has 2 amide bonds. The molecule has 0 radical (unpaired) electrons. The standard InChI is InChI=1S/C41H55F3N6O7/c1-25(56-7)34-28(12-8-16-45-34)35-30(20-40(5,6)24-51)29-19-26(14-15-33(29)49(35)23-41(42,43)44)27-11-9-17-48(21-27)22-32(46-38(55)57-39(2,3)4)36(52)50-18-10-13-31(47-50)37(53)54/h8,11-12,14-16,19,25,31-32,47,51H,9-10,13,17-18,20-24H2,1-7H3,(H,46,55)(H,53,54)/t25-,31-,32-/m0/s1. The van der Waals surface area contributed by atoms with E-state index in [4.69, 9.17) is 9.47 Å². The number of aliphatic carboxylic acids is 1. The number of hydrogen-bond acceptors (Lipinski definition) is 9. The summed E-state index contributed by atoms with van der Waals surface area (Å²) in [6, 6.07) is 6.79. The molecule has 1 fully saturated rings. The number of carbonyl (C=O) groups is 3. The summed E-state index contributed by atoms with van der Waals surface area (Å²) in [5.41, 5.74) is 5.28. The third-order valence-corrected chi connectivity index (χ3v) is 10.2. The van der Waals surface area contributed by atoms with Crippen molar-refractivity contribution in [2.75, 3.05) is 39.9 Å². The maximum Gasteiger partial charge on any atom is 0.408 e. The van der Waals surface area contributed by atoms with Crippen LogP contribution in [0.5, 0.6) is 0 Å². The van der Waals surface area contributed by atoms with E-state index in [-0.39, 0.29) is 26.1 Å². The number of nitrogens with zero attached hydrogens (tertiary/aromatic N) is 4. The topological polar surface area (TPSA) is 158 Å². The predicted octanol–water partition coefficient (Wildman–Crippen LogP) is 6.10. The van der Waals surface area contributed by atoms with E-state index >= 15 is 0 Å². The number of hydrogen-bond donors (Lipinski definition) is 4. The van der Waals surface area contributed by atoms with E-state index in [2.05, 4.69) is 21.8 Å². The molecule has 4 N–H and O–H groups in total. The number of alkyl halides is 3. The lowest BCUT2D eigenvalue weighted by Crippen LogP contribution is -2.62. The van der Waals surface area contributed by atoms with Crippen molar-refractivity contribution in [1.29, 1.82) is 0 Å². The number of hydrazine groups is 1. The minimum atomic E-state index is -4.55. The molecule has 2 aliphatic rings. The van der Waals surface area contributed by atoms with E-state index in [1.54, 1.807) is 58.2 Å². The molecule has 3 atom stereocenters. The van der Waals surface area contributed by atoms with Crippen LogP contribution in [-0.4, -0.2) is 111 Å². The lowest BCUT2D eigenvalue weighted by molar-refractivity contribution is -0.148. The van der Waals surface area contributed by atoms with E-state index in [1.165, 1.54) is 16.7 Å². The number of aliphatic hydroxyl groups is 1. The first-order valence-electron chi connectivity index (χ1n) is 19.2. The van der Waals surface area contributed by atoms with Gasteiger partial charge in [0.1, 0.15) is 24.2 Å². The number of amides is 2. The molecule has 2 aromatic heterocycles. The fraction of sp³-hybridized carbons (Fsp3) is 0.561. The molecule has 0 bridgehead atoms. The van der Waals surface area contributed by atoms with Crippen LogP contribution in [0.3, 0.4) is 0 Å². The molecule has 0 spiro atoms. The Bertz CT molecular complexity index is 1970. The van der Waals surface area contributed by atoms with E-state index in [1.807, 2.05) is 24.8 Å². The van der Waals surface area contributed by atoms with Crippen molar-refractivity contribution in [3.63, 3.8) is 0 Å².